The van der Waals surface area contributed by atoms with E-state index in [9.17, 15) is 12.8 Å². The largest absolute Gasteiger partial charge is 0.386 e. The highest BCUT2D eigenvalue weighted by atomic mass is 79.9. The van der Waals surface area contributed by atoms with E-state index in [-0.39, 0.29) is 5.84 Å². The van der Waals surface area contributed by atoms with Gasteiger partial charge in [0.05, 0.1) is 5.75 Å². The molecule has 0 amide bonds. The number of sulfone groups is 1. The number of nitrogens with two attached hydrogens (primary N) is 1. The predicted octanol–water partition coefficient (Wildman–Crippen LogP) is 2.11. The Morgan fingerprint density at radius 1 is 1.63 bits per heavy atom. The zero-order chi connectivity index (χ0) is 15.1. The van der Waals surface area contributed by atoms with E-state index >= 15 is 0 Å². The maximum atomic E-state index is 13.5. The van der Waals surface area contributed by atoms with Gasteiger partial charge in [0, 0.05) is 4.48 Å². The van der Waals surface area contributed by atoms with Crippen LogP contribution in [0.2, 0.25) is 0 Å². The van der Waals surface area contributed by atoms with Gasteiger partial charge in [0.15, 0.2) is 9.84 Å². The first-order valence-corrected chi connectivity index (χ1v) is 8.10. The minimum absolute atomic E-state index is 0.0654. The van der Waals surface area contributed by atoms with Gasteiger partial charge < -0.3 is 5.73 Å². The van der Waals surface area contributed by atoms with Crippen molar-refractivity contribution in [3.63, 3.8) is 0 Å². The van der Waals surface area contributed by atoms with Gasteiger partial charge >= 0.3 is 0 Å². The average molecular weight is 353 g/mol. The molecule has 4 nitrogen and oxygen atoms in total. The molecule has 1 aliphatic heterocycles. The molecule has 1 unspecified atom stereocenters. The molecule has 0 saturated carbocycles. The molecule has 1 heterocycles. The van der Waals surface area contributed by atoms with Crippen molar-refractivity contribution in [3.8, 4) is 0 Å². The number of halogens is 2. The number of amidine groups is 1. The Balaban J connectivity index is 3.49. The molecule has 1 aliphatic rings. The lowest BCUT2D eigenvalue weighted by molar-refractivity contribution is 0.364. The molecule has 0 saturated heterocycles. The van der Waals surface area contributed by atoms with E-state index in [2.05, 4.69) is 27.5 Å². The molecule has 0 aromatic carbocycles. The third-order valence-corrected chi connectivity index (χ3v) is 6.34. The van der Waals surface area contributed by atoms with Crippen molar-refractivity contribution in [2.45, 2.75) is 31.1 Å². The van der Waals surface area contributed by atoms with Crippen LogP contribution in [-0.2, 0) is 9.84 Å². The monoisotopic (exact) mass is 352 g/mol. The number of hydrogen-bond donors (Lipinski definition) is 1. The van der Waals surface area contributed by atoms with Gasteiger partial charge in [0.1, 0.15) is 22.8 Å². The predicted molar refractivity (Wildman–Crippen MR) is 80.0 cm³/mol. The van der Waals surface area contributed by atoms with Crippen molar-refractivity contribution in [3.05, 3.63) is 22.7 Å². The number of nitrogens with zero attached hydrogens (tertiary/aromatic N) is 1. The summed E-state index contributed by atoms with van der Waals surface area (Å²) in [5, 5.41) is 0. The van der Waals surface area contributed by atoms with Crippen LogP contribution >= 0.6 is 15.9 Å². The molecule has 0 fully saturated rings. The zero-order valence-corrected chi connectivity index (χ0v) is 13.6. The normalized spacial score (nSPS) is 29.7. The highest BCUT2D eigenvalue weighted by molar-refractivity contribution is 9.11. The molecule has 0 aromatic rings. The lowest BCUT2D eigenvalue weighted by Gasteiger charge is -2.38. The average Bonchev–Trinajstić information content (AvgIpc) is 2.24. The van der Waals surface area contributed by atoms with Crippen LogP contribution in [0.4, 0.5) is 4.39 Å². The van der Waals surface area contributed by atoms with Crippen LogP contribution in [0, 0.1) is 0 Å². The highest BCUT2D eigenvalue weighted by Gasteiger charge is 2.50. The SMILES string of the molecule is C=C(Br)/C=C(\C)C1(CF)CS(=O)(=O)C(C)(C)C(N)=N1. The van der Waals surface area contributed by atoms with Crippen molar-refractivity contribution >= 4 is 31.6 Å². The minimum atomic E-state index is -3.59. The van der Waals surface area contributed by atoms with Crippen LogP contribution < -0.4 is 5.73 Å². The molecule has 108 valence electrons. The van der Waals surface area contributed by atoms with Crippen molar-refractivity contribution in [1.82, 2.24) is 0 Å². The molecule has 0 spiro atoms. The summed E-state index contributed by atoms with van der Waals surface area (Å²) in [6.45, 7) is 7.28. The van der Waals surface area contributed by atoms with Crippen LogP contribution in [0.25, 0.3) is 0 Å². The number of aliphatic imine (C=N–C) groups is 1. The van der Waals surface area contributed by atoms with Crippen molar-refractivity contribution in [1.29, 1.82) is 0 Å². The fourth-order valence-electron chi connectivity index (χ4n) is 1.80. The van der Waals surface area contributed by atoms with Crippen LogP contribution in [-0.4, -0.2) is 37.0 Å². The van der Waals surface area contributed by atoms with Crippen molar-refractivity contribution in [2.75, 3.05) is 12.4 Å². The molecule has 0 aliphatic carbocycles. The lowest BCUT2D eigenvalue weighted by Crippen LogP contribution is -2.57. The highest BCUT2D eigenvalue weighted by Crippen LogP contribution is 2.35. The van der Waals surface area contributed by atoms with Gasteiger partial charge in [-0.3, -0.25) is 4.99 Å². The topological polar surface area (TPSA) is 72.5 Å². The standard InChI is InChI=1S/C12H18BrFN2O2S/c1-8(5-9(2)13)12(6-14)7-19(17,18)11(3,4)10(15)16-12/h5H,2,6-7H2,1,3-4H3,(H2,15,16)/b8-5+. The molecule has 7 heteroatoms. The van der Waals surface area contributed by atoms with Gasteiger partial charge in [0.2, 0.25) is 0 Å². The Morgan fingerprint density at radius 3 is 2.53 bits per heavy atom. The van der Waals surface area contributed by atoms with E-state index in [4.69, 9.17) is 5.73 Å². The smallest absolute Gasteiger partial charge is 0.165 e. The zero-order valence-electron chi connectivity index (χ0n) is 11.2. The van der Waals surface area contributed by atoms with Gasteiger partial charge in [0.25, 0.3) is 0 Å². The summed E-state index contributed by atoms with van der Waals surface area (Å²) in [5.41, 5.74) is 4.77. The molecule has 2 N–H and O–H groups in total. The van der Waals surface area contributed by atoms with Gasteiger partial charge in [-0.2, -0.15) is 0 Å². The summed E-state index contributed by atoms with van der Waals surface area (Å²) in [6, 6.07) is 0. The molecular formula is C12H18BrFN2O2S. The fourth-order valence-corrected chi connectivity index (χ4v) is 3.86. The molecule has 0 aromatic heterocycles. The summed E-state index contributed by atoms with van der Waals surface area (Å²) < 4.78 is 37.3. The first-order valence-electron chi connectivity index (χ1n) is 5.66. The quantitative estimate of drug-likeness (QED) is 0.790. The molecule has 19 heavy (non-hydrogen) atoms. The molecule has 0 bridgehead atoms. The van der Waals surface area contributed by atoms with E-state index in [0.717, 1.165) is 0 Å². The van der Waals surface area contributed by atoms with Gasteiger partial charge in [-0.1, -0.05) is 22.5 Å². The van der Waals surface area contributed by atoms with Gasteiger partial charge in [-0.15, -0.1) is 0 Å². The minimum Gasteiger partial charge on any atom is -0.386 e. The van der Waals surface area contributed by atoms with Crippen molar-refractivity contribution < 1.29 is 12.8 Å². The van der Waals surface area contributed by atoms with Crippen LogP contribution in [0.1, 0.15) is 20.8 Å². The maximum absolute atomic E-state index is 13.5. The maximum Gasteiger partial charge on any atom is 0.165 e. The second-order valence-electron chi connectivity index (χ2n) is 5.21. The van der Waals surface area contributed by atoms with Crippen molar-refractivity contribution in [2.24, 2.45) is 10.7 Å². The Hall–Kier alpha value is -0.690. The van der Waals surface area contributed by atoms with Crippen LogP contribution in [0.3, 0.4) is 0 Å². The third kappa shape index (κ3) is 2.76. The molecule has 0 radical (unpaired) electrons. The Morgan fingerprint density at radius 2 is 2.16 bits per heavy atom. The first-order chi connectivity index (χ1) is 8.48. The Kier molecular flexibility index (Phi) is 4.32. The van der Waals surface area contributed by atoms with E-state index in [1.807, 2.05) is 0 Å². The summed E-state index contributed by atoms with van der Waals surface area (Å²) in [7, 11) is -3.59. The Labute approximate surface area is 121 Å². The van der Waals surface area contributed by atoms with E-state index in [0.29, 0.717) is 10.1 Å². The fraction of sp³-hybridized carbons (Fsp3) is 0.583. The summed E-state index contributed by atoms with van der Waals surface area (Å²) in [4.78, 5) is 4.14. The Bertz CT molecular complexity index is 566. The summed E-state index contributed by atoms with van der Waals surface area (Å²) in [5.74, 6) is -0.461. The van der Waals surface area contributed by atoms with E-state index in [1.165, 1.54) is 13.8 Å². The first kappa shape index (κ1) is 16.4. The van der Waals surface area contributed by atoms with E-state index < -0.39 is 32.6 Å². The summed E-state index contributed by atoms with van der Waals surface area (Å²) in [6.07, 6.45) is 1.56. The second-order valence-corrected chi connectivity index (χ2v) is 8.76. The van der Waals surface area contributed by atoms with Gasteiger partial charge in [-0.25, -0.2) is 12.8 Å². The number of hydrogen-bond acceptors (Lipinski definition) is 4. The summed E-state index contributed by atoms with van der Waals surface area (Å²) >= 11 is 3.14. The molecular weight excluding hydrogens is 335 g/mol. The number of rotatable bonds is 3. The molecule has 1 atom stereocenters. The third-order valence-electron chi connectivity index (χ3n) is 3.49. The van der Waals surface area contributed by atoms with Gasteiger partial charge in [-0.05, 0) is 32.4 Å². The molecule has 1 rings (SSSR count). The number of allylic oxidation sites excluding steroid dienone is 2. The lowest BCUT2D eigenvalue weighted by atomic mass is 9.93. The van der Waals surface area contributed by atoms with Crippen LogP contribution in [0.15, 0.2) is 27.7 Å². The van der Waals surface area contributed by atoms with E-state index in [1.54, 1.807) is 13.0 Å². The van der Waals surface area contributed by atoms with Crippen LogP contribution in [0.5, 0.6) is 0 Å². The number of alkyl halides is 1. The second kappa shape index (κ2) is 5.01.